The fraction of sp³-hybridized carbons (Fsp3) is 0.150. The van der Waals surface area contributed by atoms with E-state index in [0.717, 1.165) is 22.7 Å². The molecule has 0 saturated heterocycles. The van der Waals surface area contributed by atoms with Crippen LogP contribution in [0, 0.1) is 6.92 Å². The molecule has 3 nitrogen and oxygen atoms in total. The summed E-state index contributed by atoms with van der Waals surface area (Å²) < 4.78 is 7.69. The lowest BCUT2D eigenvalue weighted by Crippen LogP contribution is -2.05. The molecule has 1 heterocycles. The molecule has 0 aliphatic heterocycles. The highest BCUT2D eigenvalue weighted by atomic mass is 16.5. The second kappa shape index (κ2) is 6.97. The molecule has 2 rings (SSSR count). The molecular weight excluding hydrogens is 284 g/mol. The van der Waals surface area contributed by atoms with Crippen molar-refractivity contribution in [3.8, 4) is 5.69 Å². The molecule has 0 spiro atoms. The highest BCUT2D eigenvalue weighted by molar-refractivity contribution is 5.76. The van der Waals surface area contributed by atoms with Gasteiger partial charge >= 0.3 is 0 Å². The average molecular weight is 306 g/mol. The Hall–Kier alpha value is -2.81. The summed E-state index contributed by atoms with van der Waals surface area (Å²) in [5.74, 6) is 1.76. The van der Waals surface area contributed by atoms with E-state index in [0.29, 0.717) is 11.5 Å². The number of hydrogen-bond donors (Lipinski definition) is 0. The first kappa shape index (κ1) is 16.6. The molecule has 0 bridgehead atoms. The number of imidazole rings is 1. The molecule has 0 radical (unpaired) electrons. The average Bonchev–Trinajstić information content (AvgIpc) is 2.96. The van der Waals surface area contributed by atoms with Gasteiger partial charge in [0.2, 0.25) is 0 Å². The Morgan fingerprint density at radius 3 is 2.52 bits per heavy atom. The molecular formula is C20H22N2O. The molecule has 0 aliphatic rings. The Kier molecular flexibility index (Phi) is 5.02. The first-order valence-electron chi connectivity index (χ1n) is 7.41. The molecule has 3 heteroatoms. The van der Waals surface area contributed by atoms with Crippen LogP contribution in [-0.2, 0) is 4.74 Å². The van der Waals surface area contributed by atoms with Crippen molar-refractivity contribution < 1.29 is 4.74 Å². The van der Waals surface area contributed by atoms with Crippen molar-refractivity contribution in [1.29, 1.82) is 0 Å². The lowest BCUT2D eigenvalue weighted by atomic mass is 10.1. The number of aryl methyl sites for hydroxylation is 1. The van der Waals surface area contributed by atoms with Crippen LogP contribution in [-0.4, -0.2) is 9.55 Å². The standard InChI is InChI=1S/C20H22N2O/c1-7-16(5)23-17(6)19(14(2)3)20-21-12-13-22(20)18-11-9-8-10-15(18)4/h7-13H,1,5-6H2,2-4H3. The second-order valence-corrected chi connectivity index (χ2v) is 5.48. The molecule has 23 heavy (non-hydrogen) atoms. The van der Waals surface area contributed by atoms with Crippen molar-refractivity contribution in [2.45, 2.75) is 20.8 Å². The number of ether oxygens (including phenoxy) is 1. The maximum absolute atomic E-state index is 5.65. The molecule has 1 aromatic carbocycles. The van der Waals surface area contributed by atoms with Gasteiger partial charge in [0.1, 0.15) is 17.3 Å². The van der Waals surface area contributed by atoms with Crippen LogP contribution in [0.5, 0.6) is 0 Å². The Morgan fingerprint density at radius 2 is 1.91 bits per heavy atom. The molecule has 0 fully saturated rings. The SMILES string of the molecule is C=CC(=C)OC(=C)C(=C(C)C)c1nccn1-c1ccccc1C. The molecule has 1 aromatic heterocycles. The van der Waals surface area contributed by atoms with Gasteiger partial charge in [0.15, 0.2) is 0 Å². The zero-order valence-electron chi connectivity index (χ0n) is 14.0. The van der Waals surface area contributed by atoms with E-state index in [4.69, 9.17) is 4.74 Å². The lowest BCUT2D eigenvalue weighted by molar-refractivity contribution is 0.344. The summed E-state index contributed by atoms with van der Waals surface area (Å²) in [5, 5.41) is 0. The van der Waals surface area contributed by atoms with Gasteiger partial charge in [-0.1, -0.05) is 43.5 Å². The zero-order valence-corrected chi connectivity index (χ0v) is 14.0. The van der Waals surface area contributed by atoms with Crippen molar-refractivity contribution in [3.05, 3.63) is 91.0 Å². The number of rotatable bonds is 6. The molecule has 0 amide bonds. The van der Waals surface area contributed by atoms with E-state index in [1.807, 2.05) is 36.7 Å². The van der Waals surface area contributed by atoms with E-state index in [1.54, 1.807) is 12.3 Å². The highest BCUT2D eigenvalue weighted by Crippen LogP contribution is 2.29. The smallest absolute Gasteiger partial charge is 0.148 e. The van der Waals surface area contributed by atoms with Crippen LogP contribution >= 0.6 is 0 Å². The minimum absolute atomic E-state index is 0.461. The summed E-state index contributed by atoms with van der Waals surface area (Å²) in [6.07, 6.45) is 5.28. The monoisotopic (exact) mass is 306 g/mol. The fourth-order valence-corrected chi connectivity index (χ4v) is 2.39. The summed E-state index contributed by atoms with van der Waals surface area (Å²) in [6, 6.07) is 8.17. The zero-order chi connectivity index (χ0) is 17.0. The summed E-state index contributed by atoms with van der Waals surface area (Å²) in [4.78, 5) is 4.52. The minimum atomic E-state index is 0.461. The van der Waals surface area contributed by atoms with Gasteiger partial charge in [-0.25, -0.2) is 4.98 Å². The maximum atomic E-state index is 5.65. The third kappa shape index (κ3) is 3.51. The largest absolute Gasteiger partial charge is 0.458 e. The Morgan fingerprint density at radius 1 is 1.22 bits per heavy atom. The van der Waals surface area contributed by atoms with Gasteiger partial charge in [-0.05, 0) is 38.5 Å². The van der Waals surface area contributed by atoms with Gasteiger partial charge in [0.05, 0.1) is 5.57 Å². The van der Waals surface area contributed by atoms with E-state index in [1.165, 1.54) is 5.56 Å². The number of benzene rings is 1. The Bertz CT molecular complexity index is 789. The quantitative estimate of drug-likeness (QED) is 0.541. The van der Waals surface area contributed by atoms with Crippen LogP contribution < -0.4 is 0 Å². The summed E-state index contributed by atoms with van der Waals surface area (Å²) in [6.45, 7) is 17.6. The second-order valence-electron chi connectivity index (χ2n) is 5.48. The van der Waals surface area contributed by atoms with Crippen molar-refractivity contribution in [2.24, 2.45) is 0 Å². The van der Waals surface area contributed by atoms with Crippen LogP contribution in [0.25, 0.3) is 11.3 Å². The Balaban J connectivity index is 2.52. The third-order valence-electron chi connectivity index (χ3n) is 3.50. The van der Waals surface area contributed by atoms with Gasteiger partial charge in [0, 0.05) is 18.1 Å². The van der Waals surface area contributed by atoms with Gasteiger partial charge < -0.3 is 4.74 Å². The van der Waals surface area contributed by atoms with Gasteiger partial charge in [-0.2, -0.15) is 0 Å². The molecule has 0 unspecified atom stereocenters. The van der Waals surface area contributed by atoms with Crippen molar-refractivity contribution in [3.63, 3.8) is 0 Å². The van der Waals surface area contributed by atoms with Gasteiger partial charge in [-0.3, -0.25) is 4.57 Å². The molecule has 0 saturated carbocycles. The van der Waals surface area contributed by atoms with E-state index < -0.39 is 0 Å². The van der Waals surface area contributed by atoms with E-state index in [9.17, 15) is 0 Å². The number of allylic oxidation sites excluding steroid dienone is 3. The van der Waals surface area contributed by atoms with Crippen LogP contribution in [0.1, 0.15) is 25.2 Å². The van der Waals surface area contributed by atoms with Crippen molar-refractivity contribution in [2.75, 3.05) is 0 Å². The predicted molar refractivity (Wildman–Crippen MR) is 96.1 cm³/mol. The topological polar surface area (TPSA) is 27.1 Å². The van der Waals surface area contributed by atoms with Gasteiger partial charge in [0.25, 0.3) is 0 Å². The normalized spacial score (nSPS) is 10.0. The number of nitrogens with zero attached hydrogens (tertiary/aromatic N) is 2. The first-order chi connectivity index (χ1) is 11.0. The molecule has 0 N–H and O–H groups in total. The van der Waals surface area contributed by atoms with Crippen molar-refractivity contribution >= 4 is 5.57 Å². The van der Waals surface area contributed by atoms with Crippen LogP contribution in [0.3, 0.4) is 0 Å². The number of para-hydroxylation sites is 1. The fourth-order valence-electron chi connectivity index (χ4n) is 2.39. The minimum Gasteiger partial charge on any atom is -0.458 e. The van der Waals surface area contributed by atoms with E-state index in [2.05, 4.69) is 43.8 Å². The molecule has 2 aromatic rings. The number of hydrogen-bond acceptors (Lipinski definition) is 2. The number of aromatic nitrogens is 2. The van der Waals surface area contributed by atoms with Crippen LogP contribution in [0.2, 0.25) is 0 Å². The summed E-state index contributed by atoms with van der Waals surface area (Å²) in [7, 11) is 0. The molecule has 0 atom stereocenters. The molecule has 0 aliphatic carbocycles. The molecule has 118 valence electrons. The first-order valence-corrected chi connectivity index (χ1v) is 7.41. The lowest BCUT2D eigenvalue weighted by Gasteiger charge is -2.17. The van der Waals surface area contributed by atoms with Crippen molar-refractivity contribution in [1.82, 2.24) is 9.55 Å². The predicted octanol–water partition coefficient (Wildman–Crippen LogP) is 5.20. The van der Waals surface area contributed by atoms with E-state index >= 15 is 0 Å². The maximum Gasteiger partial charge on any atom is 0.148 e. The van der Waals surface area contributed by atoms with Gasteiger partial charge in [-0.15, -0.1) is 0 Å². The summed E-state index contributed by atoms with van der Waals surface area (Å²) in [5.41, 5.74) is 4.17. The summed E-state index contributed by atoms with van der Waals surface area (Å²) >= 11 is 0. The third-order valence-corrected chi connectivity index (χ3v) is 3.50. The van der Waals surface area contributed by atoms with Crippen LogP contribution in [0.4, 0.5) is 0 Å². The Labute approximate surface area is 137 Å². The van der Waals surface area contributed by atoms with Crippen LogP contribution in [0.15, 0.2) is 79.6 Å². The van der Waals surface area contributed by atoms with E-state index in [-0.39, 0.29) is 0 Å². The highest BCUT2D eigenvalue weighted by Gasteiger charge is 2.17.